The maximum atomic E-state index is 13.1. The Bertz CT molecular complexity index is 1140. The molecule has 0 saturated carbocycles. The van der Waals surface area contributed by atoms with Crippen LogP contribution in [0.25, 0.3) is 0 Å². The van der Waals surface area contributed by atoms with Crippen LogP contribution in [-0.2, 0) is 9.53 Å². The number of anilines is 3. The Balaban J connectivity index is 1.22. The van der Waals surface area contributed by atoms with Crippen molar-refractivity contribution in [2.45, 2.75) is 11.9 Å². The first-order valence-corrected chi connectivity index (χ1v) is 12.3. The second-order valence-electron chi connectivity index (χ2n) is 7.81. The van der Waals surface area contributed by atoms with Gasteiger partial charge in [0, 0.05) is 37.6 Å². The molecule has 1 aliphatic rings. The van der Waals surface area contributed by atoms with Gasteiger partial charge < -0.3 is 19.9 Å². The van der Waals surface area contributed by atoms with Gasteiger partial charge in [-0.1, -0.05) is 11.8 Å². The molecule has 182 valence electrons. The van der Waals surface area contributed by atoms with Gasteiger partial charge in [0.15, 0.2) is 5.82 Å². The average molecular weight is 496 g/mol. The summed E-state index contributed by atoms with van der Waals surface area (Å²) in [5.41, 5.74) is 2.05. The van der Waals surface area contributed by atoms with E-state index in [4.69, 9.17) is 4.74 Å². The van der Waals surface area contributed by atoms with Crippen molar-refractivity contribution in [2.75, 3.05) is 53.7 Å². The van der Waals surface area contributed by atoms with E-state index in [1.54, 1.807) is 43.3 Å². The summed E-state index contributed by atoms with van der Waals surface area (Å²) in [5, 5.41) is 12.0. The van der Waals surface area contributed by atoms with Crippen molar-refractivity contribution < 1.29 is 18.7 Å². The third kappa shape index (κ3) is 6.69. The molecule has 1 amide bonds. The summed E-state index contributed by atoms with van der Waals surface area (Å²) < 4.78 is 18.1. The van der Waals surface area contributed by atoms with Crippen molar-refractivity contribution in [1.29, 1.82) is 0 Å². The summed E-state index contributed by atoms with van der Waals surface area (Å²) in [7, 11) is 0. The van der Waals surface area contributed by atoms with Crippen molar-refractivity contribution >= 4 is 40.8 Å². The van der Waals surface area contributed by atoms with Crippen LogP contribution in [0.15, 0.2) is 65.7 Å². The Labute approximate surface area is 207 Å². The molecule has 3 aromatic rings. The first-order valence-electron chi connectivity index (χ1n) is 11.3. The summed E-state index contributed by atoms with van der Waals surface area (Å²) in [5.74, 6) is 0.172. The lowest BCUT2D eigenvalue weighted by Crippen LogP contribution is -2.46. The normalized spacial score (nSPS) is 13.4. The fourth-order valence-corrected chi connectivity index (χ4v) is 4.26. The molecular weight excluding hydrogens is 469 g/mol. The Morgan fingerprint density at radius 2 is 1.63 bits per heavy atom. The van der Waals surface area contributed by atoms with Crippen molar-refractivity contribution in [2.24, 2.45) is 0 Å². The Hall–Kier alpha value is -3.66. The molecule has 0 atom stereocenters. The van der Waals surface area contributed by atoms with Crippen LogP contribution in [0.2, 0.25) is 0 Å². The molecular formula is C25H26FN5O3S. The average Bonchev–Trinajstić information content (AvgIpc) is 2.89. The zero-order valence-corrected chi connectivity index (χ0v) is 20.1. The van der Waals surface area contributed by atoms with Crippen molar-refractivity contribution in [1.82, 2.24) is 10.2 Å². The maximum absolute atomic E-state index is 13.1. The van der Waals surface area contributed by atoms with E-state index in [2.05, 4.69) is 25.3 Å². The third-order valence-electron chi connectivity index (χ3n) is 5.45. The van der Waals surface area contributed by atoms with Crippen LogP contribution in [-0.4, -0.2) is 60.6 Å². The first kappa shape index (κ1) is 24.5. The van der Waals surface area contributed by atoms with Gasteiger partial charge in [0.1, 0.15) is 10.8 Å². The number of hydrogen-bond donors (Lipinski definition) is 1. The fraction of sp³-hybridized carbons (Fsp3) is 0.280. The minimum absolute atomic E-state index is 0.179. The van der Waals surface area contributed by atoms with Crippen LogP contribution in [0.1, 0.15) is 17.3 Å². The Kier molecular flexibility index (Phi) is 8.15. The van der Waals surface area contributed by atoms with Crippen LogP contribution >= 0.6 is 11.8 Å². The van der Waals surface area contributed by atoms with E-state index in [-0.39, 0.29) is 17.5 Å². The minimum atomic E-state index is -0.391. The van der Waals surface area contributed by atoms with Crippen LogP contribution in [0.4, 0.5) is 21.6 Å². The van der Waals surface area contributed by atoms with Gasteiger partial charge in [-0.15, -0.1) is 10.2 Å². The van der Waals surface area contributed by atoms with Crippen molar-refractivity contribution in [3.63, 3.8) is 0 Å². The van der Waals surface area contributed by atoms with Gasteiger partial charge >= 0.3 is 5.97 Å². The lowest BCUT2D eigenvalue weighted by Gasteiger charge is -2.36. The van der Waals surface area contributed by atoms with Gasteiger partial charge in [0.05, 0.1) is 17.9 Å². The van der Waals surface area contributed by atoms with Gasteiger partial charge in [-0.3, -0.25) is 4.79 Å². The number of nitrogens with zero attached hydrogens (tertiary/aromatic N) is 4. The molecule has 8 nitrogen and oxygen atoms in total. The topological polar surface area (TPSA) is 87.7 Å². The van der Waals surface area contributed by atoms with Crippen LogP contribution < -0.4 is 15.1 Å². The lowest BCUT2D eigenvalue weighted by molar-refractivity contribution is -0.113. The van der Waals surface area contributed by atoms with Crippen LogP contribution in [0.3, 0.4) is 0 Å². The zero-order chi connectivity index (χ0) is 24.6. The molecule has 0 radical (unpaired) electrons. The molecule has 1 aromatic heterocycles. The van der Waals surface area contributed by atoms with Crippen molar-refractivity contribution in [3.8, 4) is 0 Å². The van der Waals surface area contributed by atoms with E-state index < -0.39 is 5.97 Å². The quantitative estimate of drug-likeness (QED) is 0.373. The van der Waals surface area contributed by atoms with Crippen LogP contribution in [0, 0.1) is 5.82 Å². The molecule has 1 saturated heterocycles. The number of piperazine rings is 1. The molecule has 35 heavy (non-hydrogen) atoms. The number of rotatable bonds is 8. The van der Waals surface area contributed by atoms with Gasteiger partial charge in [-0.05, 0) is 67.6 Å². The highest BCUT2D eigenvalue weighted by Crippen LogP contribution is 2.21. The summed E-state index contributed by atoms with van der Waals surface area (Å²) in [6.45, 7) is 5.26. The second kappa shape index (κ2) is 11.7. The highest BCUT2D eigenvalue weighted by Gasteiger charge is 2.19. The number of nitrogens with one attached hydrogen (secondary N) is 1. The van der Waals surface area contributed by atoms with Gasteiger partial charge in [-0.2, -0.15) is 0 Å². The smallest absolute Gasteiger partial charge is 0.338 e. The van der Waals surface area contributed by atoms with E-state index in [0.29, 0.717) is 22.9 Å². The van der Waals surface area contributed by atoms with Crippen LogP contribution in [0.5, 0.6) is 0 Å². The largest absolute Gasteiger partial charge is 0.462 e. The number of carbonyl (C=O) groups excluding carboxylic acids is 2. The van der Waals surface area contributed by atoms with E-state index in [9.17, 15) is 14.0 Å². The van der Waals surface area contributed by atoms with E-state index in [1.165, 1.54) is 23.9 Å². The standard InChI is InChI=1S/C25H26FN5O3S/c1-2-34-25(33)18-3-7-20(8-4-18)27-23(32)17-35-24-12-11-22(28-29-24)31-15-13-30(14-16-31)21-9-5-19(26)6-10-21/h3-12H,2,13-17H2,1H3,(H,27,32). The van der Waals surface area contributed by atoms with Crippen molar-refractivity contribution in [3.05, 3.63) is 72.0 Å². The lowest BCUT2D eigenvalue weighted by atomic mass is 10.2. The predicted octanol–water partition coefficient (Wildman–Crippen LogP) is 3.85. The summed E-state index contributed by atoms with van der Waals surface area (Å²) >= 11 is 1.30. The number of carbonyl (C=O) groups is 2. The molecule has 1 N–H and O–H groups in total. The molecule has 4 rings (SSSR count). The van der Waals surface area contributed by atoms with Gasteiger partial charge in [0.25, 0.3) is 0 Å². The van der Waals surface area contributed by atoms with E-state index in [0.717, 1.165) is 37.7 Å². The molecule has 0 aliphatic carbocycles. The molecule has 10 heteroatoms. The fourth-order valence-electron chi connectivity index (χ4n) is 3.64. The predicted molar refractivity (Wildman–Crippen MR) is 135 cm³/mol. The number of thioether (sulfide) groups is 1. The molecule has 1 fully saturated rings. The molecule has 0 bridgehead atoms. The molecule has 2 heterocycles. The highest BCUT2D eigenvalue weighted by molar-refractivity contribution is 7.99. The first-order chi connectivity index (χ1) is 17.0. The minimum Gasteiger partial charge on any atom is -0.462 e. The highest BCUT2D eigenvalue weighted by atomic mass is 32.2. The molecule has 1 aliphatic heterocycles. The number of halogens is 1. The van der Waals surface area contributed by atoms with E-state index >= 15 is 0 Å². The molecule has 0 unspecified atom stereocenters. The Morgan fingerprint density at radius 1 is 0.943 bits per heavy atom. The Morgan fingerprint density at radius 3 is 2.26 bits per heavy atom. The monoisotopic (exact) mass is 495 g/mol. The molecule has 0 spiro atoms. The van der Waals surface area contributed by atoms with E-state index in [1.807, 2.05) is 12.1 Å². The number of esters is 1. The number of hydrogen-bond acceptors (Lipinski definition) is 8. The molecule has 2 aromatic carbocycles. The van der Waals surface area contributed by atoms with Gasteiger partial charge in [-0.25, -0.2) is 9.18 Å². The summed E-state index contributed by atoms with van der Waals surface area (Å²) in [6.07, 6.45) is 0. The van der Waals surface area contributed by atoms with Gasteiger partial charge in [0.2, 0.25) is 5.91 Å². The number of benzene rings is 2. The third-order valence-corrected chi connectivity index (χ3v) is 6.37. The number of ether oxygens (including phenoxy) is 1. The summed E-state index contributed by atoms with van der Waals surface area (Å²) in [6, 6.07) is 16.9. The second-order valence-corrected chi connectivity index (χ2v) is 8.81. The zero-order valence-electron chi connectivity index (χ0n) is 19.3. The number of aromatic nitrogens is 2. The SMILES string of the molecule is CCOC(=O)c1ccc(NC(=O)CSc2ccc(N3CCN(c4ccc(F)cc4)CC3)nn2)cc1. The summed E-state index contributed by atoms with van der Waals surface area (Å²) in [4.78, 5) is 28.4. The number of amides is 1. The maximum Gasteiger partial charge on any atom is 0.338 e.